The molecule has 4 aromatic rings. The zero-order chi connectivity index (χ0) is 20.9. The van der Waals surface area contributed by atoms with Gasteiger partial charge in [-0.25, -0.2) is 9.37 Å². The minimum absolute atomic E-state index is 0.228. The third-order valence-electron chi connectivity index (χ3n) is 7.37. The number of rotatable bonds is 4. The van der Waals surface area contributed by atoms with Gasteiger partial charge in [0.2, 0.25) is 0 Å². The molecule has 31 heavy (non-hydrogen) atoms. The van der Waals surface area contributed by atoms with Crippen LogP contribution in [-0.4, -0.2) is 19.5 Å². The van der Waals surface area contributed by atoms with Gasteiger partial charge in [0.1, 0.15) is 11.3 Å². The number of fused-ring (bicyclic) bond motifs is 2. The zero-order valence-electron chi connectivity index (χ0n) is 17.4. The molecule has 0 amide bonds. The number of nitrogens with zero attached hydrogens (tertiary/aromatic N) is 3. The van der Waals surface area contributed by atoms with E-state index in [1.54, 1.807) is 12.3 Å². The molecule has 2 aliphatic carbocycles. The minimum atomic E-state index is -0.485. The molecule has 0 unspecified atom stereocenters. The van der Waals surface area contributed by atoms with Gasteiger partial charge >= 0.3 is 0 Å². The highest BCUT2D eigenvalue weighted by atomic mass is 19.1. The summed E-state index contributed by atoms with van der Waals surface area (Å²) in [6.45, 7) is 0. The van der Waals surface area contributed by atoms with Crippen LogP contribution in [0.4, 0.5) is 4.39 Å². The predicted molar refractivity (Wildman–Crippen MR) is 119 cm³/mol. The standard InChI is InChI=1S/C26H26FN3O/c27-23-12-11-20(22-2-1-13-29-24(22)23)16-5-7-18(8-6-16)26(31)25-21(17-3-4-17)10-9-19-14-28-15-30(19)25/h1-2,9-18,26,31H,3-8H2/t16?,18?,26-/m0/s1. The first-order valence-corrected chi connectivity index (χ1v) is 11.4. The Morgan fingerprint density at radius 1 is 0.935 bits per heavy atom. The average Bonchev–Trinajstić information content (AvgIpc) is 3.55. The fourth-order valence-electron chi connectivity index (χ4n) is 5.57. The topological polar surface area (TPSA) is 50.4 Å². The minimum Gasteiger partial charge on any atom is -0.387 e. The monoisotopic (exact) mass is 415 g/mol. The molecule has 0 radical (unpaired) electrons. The quantitative estimate of drug-likeness (QED) is 0.451. The van der Waals surface area contributed by atoms with E-state index < -0.39 is 6.10 Å². The van der Waals surface area contributed by atoms with Crippen molar-refractivity contribution in [2.75, 3.05) is 0 Å². The van der Waals surface area contributed by atoms with Crippen molar-refractivity contribution in [1.29, 1.82) is 0 Å². The maximum Gasteiger partial charge on any atom is 0.149 e. The largest absolute Gasteiger partial charge is 0.387 e. The molecule has 2 fully saturated rings. The Kier molecular flexibility index (Phi) is 4.53. The van der Waals surface area contributed by atoms with Gasteiger partial charge in [0.15, 0.2) is 0 Å². The van der Waals surface area contributed by atoms with E-state index in [9.17, 15) is 9.50 Å². The Labute approximate surface area is 180 Å². The van der Waals surface area contributed by atoms with E-state index >= 15 is 0 Å². The number of imidazole rings is 1. The van der Waals surface area contributed by atoms with Crippen molar-refractivity contribution in [3.05, 3.63) is 77.8 Å². The van der Waals surface area contributed by atoms with Crippen LogP contribution in [0.5, 0.6) is 0 Å². The second kappa shape index (κ2) is 7.41. The molecule has 0 aliphatic heterocycles. The van der Waals surface area contributed by atoms with E-state index in [0.29, 0.717) is 17.4 Å². The molecule has 3 heterocycles. The fraction of sp³-hybridized carbons (Fsp3) is 0.385. The average molecular weight is 416 g/mol. The molecule has 2 aliphatic rings. The van der Waals surface area contributed by atoms with E-state index in [1.165, 1.54) is 24.0 Å². The van der Waals surface area contributed by atoms with Crippen LogP contribution in [-0.2, 0) is 0 Å². The highest BCUT2D eigenvalue weighted by Crippen LogP contribution is 2.47. The third-order valence-corrected chi connectivity index (χ3v) is 7.37. The second-order valence-corrected chi connectivity index (χ2v) is 9.23. The Balaban J connectivity index is 1.27. The SMILES string of the molecule is O[C@H](c1c(C2CC2)ccc2cncn12)C1CCC(c2ccc(F)c3ncccc23)CC1. The summed E-state index contributed by atoms with van der Waals surface area (Å²) in [6, 6.07) is 11.6. The number of hydrogen-bond donors (Lipinski definition) is 1. The van der Waals surface area contributed by atoms with Gasteiger partial charge in [0, 0.05) is 11.6 Å². The molecule has 1 N–H and O–H groups in total. The molecule has 0 bridgehead atoms. The van der Waals surface area contributed by atoms with Gasteiger partial charge in [-0.05, 0) is 85.6 Å². The lowest BCUT2D eigenvalue weighted by atomic mass is 9.75. The summed E-state index contributed by atoms with van der Waals surface area (Å²) in [5.74, 6) is 0.921. The number of hydrogen-bond acceptors (Lipinski definition) is 3. The van der Waals surface area contributed by atoms with Crippen LogP contribution in [0.2, 0.25) is 0 Å². The molecule has 6 rings (SSSR count). The van der Waals surface area contributed by atoms with Crippen molar-refractivity contribution in [3.8, 4) is 0 Å². The first-order chi connectivity index (χ1) is 15.2. The van der Waals surface area contributed by atoms with Gasteiger partial charge < -0.3 is 9.51 Å². The molecular formula is C26H26FN3O. The van der Waals surface area contributed by atoms with Gasteiger partial charge in [-0.2, -0.15) is 0 Å². The van der Waals surface area contributed by atoms with Crippen molar-refractivity contribution in [2.24, 2.45) is 5.92 Å². The van der Waals surface area contributed by atoms with Crippen LogP contribution in [0, 0.1) is 11.7 Å². The molecule has 0 spiro atoms. The van der Waals surface area contributed by atoms with E-state index in [1.807, 2.05) is 30.7 Å². The molecule has 0 saturated heterocycles. The zero-order valence-corrected chi connectivity index (χ0v) is 17.4. The van der Waals surface area contributed by atoms with Crippen molar-refractivity contribution in [2.45, 2.75) is 56.5 Å². The summed E-state index contributed by atoms with van der Waals surface area (Å²) in [6.07, 6.45) is 11.2. The summed E-state index contributed by atoms with van der Waals surface area (Å²) < 4.78 is 16.3. The maximum atomic E-state index is 14.2. The first kappa shape index (κ1) is 18.9. The van der Waals surface area contributed by atoms with Gasteiger partial charge in [-0.1, -0.05) is 18.2 Å². The maximum absolute atomic E-state index is 14.2. The molecule has 5 heteroatoms. The molecule has 4 nitrogen and oxygen atoms in total. The van der Waals surface area contributed by atoms with Crippen molar-refractivity contribution < 1.29 is 9.50 Å². The van der Waals surface area contributed by atoms with Gasteiger partial charge in [-0.3, -0.25) is 4.98 Å². The Bertz CT molecular complexity index is 1250. The summed E-state index contributed by atoms with van der Waals surface area (Å²) in [7, 11) is 0. The summed E-state index contributed by atoms with van der Waals surface area (Å²) in [5.41, 5.74) is 5.02. The van der Waals surface area contributed by atoms with Crippen LogP contribution in [0.15, 0.2) is 55.1 Å². The molecule has 3 aromatic heterocycles. The summed E-state index contributed by atoms with van der Waals surface area (Å²) >= 11 is 0. The summed E-state index contributed by atoms with van der Waals surface area (Å²) in [4.78, 5) is 8.56. The normalized spacial score (nSPS) is 22.8. The van der Waals surface area contributed by atoms with Crippen molar-refractivity contribution in [3.63, 3.8) is 0 Å². The van der Waals surface area contributed by atoms with Crippen LogP contribution in [0.25, 0.3) is 16.4 Å². The molecular weight excluding hydrogens is 389 g/mol. The van der Waals surface area contributed by atoms with Crippen molar-refractivity contribution >= 4 is 16.4 Å². The highest BCUT2D eigenvalue weighted by Gasteiger charge is 2.34. The van der Waals surface area contributed by atoms with E-state index in [2.05, 4.69) is 26.5 Å². The number of aliphatic hydroxyl groups is 1. The lowest BCUT2D eigenvalue weighted by Crippen LogP contribution is -2.22. The molecule has 2 saturated carbocycles. The molecule has 158 valence electrons. The molecule has 1 aromatic carbocycles. The van der Waals surface area contributed by atoms with Crippen LogP contribution >= 0.6 is 0 Å². The lowest BCUT2D eigenvalue weighted by Gasteiger charge is -2.33. The number of halogens is 1. The second-order valence-electron chi connectivity index (χ2n) is 9.23. The predicted octanol–water partition coefficient (Wildman–Crippen LogP) is 5.91. The Morgan fingerprint density at radius 2 is 1.68 bits per heavy atom. The number of aliphatic hydroxyl groups excluding tert-OH is 1. The first-order valence-electron chi connectivity index (χ1n) is 11.4. The van der Waals surface area contributed by atoms with Crippen molar-refractivity contribution in [1.82, 2.24) is 14.4 Å². The highest BCUT2D eigenvalue weighted by molar-refractivity contribution is 5.83. The smallest absolute Gasteiger partial charge is 0.149 e. The lowest BCUT2D eigenvalue weighted by molar-refractivity contribution is 0.0755. The van der Waals surface area contributed by atoms with E-state index in [4.69, 9.17) is 0 Å². The molecule has 1 atom stereocenters. The van der Waals surface area contributed by atoms with Gasteiger partial charge in [0.25, 0.3) is 0 Å². The van der Waals surface area contributed by atoms with Crippen LogP contribution in [0.1, 0.15) is 73.3 Å². The summed E-state index contributed by atoms with van der Waals surface area (Å²) in [5, 5.41) is 12.4. The Hall–Kier alpha value is -2.79. The Morgan fingerprint density at radius 3 is 2.48 bits per heavy atom. The number of aromatic nitrogens is 3. The van der Waals surface area contributed by atoms with Crippen LogP contribution in [0.3, 0.4) is 0 Å². The van der Waals surface area contributed by atoms with Gasteiger partial charge in [0.05, 0.1) is 29.8 Å². The van der Waals surface area contributed by atoms with E-state index in [0.717, 1.165) is 42.3 Å². The number of benzene rings is 1. The number of pyridine rings is 2. The van der Waals surface area contributed by atoms with E-state index in [-0.39, 0.29) is 11.7 Å². The fourth-order valence-corrected chi connectivity index (χ4v) is 5.57. The third kappa shape index (κ3) is 3.23. The van der Waals surface area contributed by atoms with Crippen LogP contribution < -0.4 is 0 Å². The van der Waals surface area contributed by atoms with Gasteiger partial charge in [-0.15, -0.1) is 0 Å².